The fourth-order valence-electron chi connectivity index (χ4n) is 3.36. The molecule has 27 heavy (non-hydrogen) atoms. The molecule has 3 rings (SSSR count). The molecule has 1 saturated heterocycles. The van der Waals surface area contributed by atoms with Gasteiger partial charge in [-0.2, -0.15) is 9.41 Å². The third-order valence-electron chi connectivity index (χ3n) is 5.05. The van der Waals surface area contributed by atoms with E-state index in [1.54, 1.807) is 24.3 Å². The number of halogens is 1. The molecule has 1 atom stereocenters. The number of hydrazone groups is 1. The second kappa shape index (κ2) is 9.12. The lowest BCUT2D eigenvalue weighted by Gasteiger charge is -2.30. The maximum atomic E-state index is 12.7. The van der Waals surface area contributed by atoms with Crippen molar-refractivity contribution in [2.24, 2.45) is 16.9 Å². The molecule has 6 nitrogen and oxygen atoms in total. The number of hydrogen-bond acceptors (Lipinski definition) is 4. The van der Waals surface area contributed by atoms with Gasteiger partial charge in [-0.3, -0.25) is 4.79 Å². The van der Waals surface area contributed by atoms with E-state index in [2.05, 4.69) is 38.6 Å². The van der Waals surface area contributed by atoms with Gasteiger partial charge in [0.2, 0.25) is 15.9 Å². The fourth-order valence-corrected chi connectivity index (χ4v) is 5.10. The van der Waals surface area contributed by atoms with E-state index in [9.17, 15) is 13.2 Å². The summed E-state index contributed by atoms with van der Waals surface area (Å²) < 4.78 is 27.7. The first-order valence-electron chi connectivity index (χ1n) is 9.20. The number of carbonyl (C=O) groups excluding carboxylic acids is 1. The quantitative estimate of drug-likeness (QED) is 0.421. The van der Waals surface area contributed by atoms with E-state index in [0.29, 0.717) is 31.8 Å². The van der Waals surface area contributed by atoms with E-state index in [1.807, 2.05) is 6.21 Å². The van der Waals surface area contributed by atoms with Crippen molar-refractivity contribution in [2.45, 2.75) is 37.0 Å². The molecule has 0 spiro atoms. The number of amides is 1. The van der Waals surface area contributed by atoms with Gasteiger partial charge in [-0.05, 0) is 62.3 Å². The van der Waals surface area contributed by atoms with Crippen LogP contribution in [0.2, 0.25) is 0 Å². The Balaban J connectivity index is 1.50. The lowest BCUT2D eigenvalue weighted by molar-refractivity contribution is -0.126. The van der Waals surface area contributed by atoms with E-state index in [0.717, 1.165) is 23.7 Å². The molecule has 1 aliphatic carbocycles. The summed E-state index contributed by atoms with van der Waals surface area (Å²) in [4.78, 5) is 12.6. The predicted molar refractivity (Wildman–Crippen MR) is 109 cm³/mol. The molecule has 0 unspecified atom stereocenters. The molecule has 146 valence electrons. The number of benzene rings is 1. The molecule has 2 aliphatic rings. The first-order valence-corrected chi connectivity index (χ1v) is 11.4. The number of rotatable bonds is 5. The van der Waals surface area contributed by atoms with E-state index in [-0.39, 0.29) is 16.7 Å². The van der Waals surface area contributed by atoms with E-state index in [4.69, 9.17) is 0 Å². The van der Waals surface area contributed by atoms with Crippen molar-refractivity contribution < 1.29 is 13.2 Å². The zero-order valence-electron chi connectivity index (χ0n) is 15.1. The van der Waals surface area contributed by atoms with Gasteiger partial charge >= 0.3 is 0 Å². The highest BCUT2D eigenvalue weighted by Gasteiger charge is 2.32. The molecule has 1 fully saturated rings. The van der Waals surface area contributed by atoms with Crippen LogP contribution in [0.5, 0.6) is 0 Å². The van der Waals surface area contributed by atoms with Crippen molar-refractivity contribution in [3.05, 3.63) is 40.9 Å². The summed E-state index contributed by atoms with van der Waals surface area (Å²) in [5, 5.41) is 4.10. The molecule has 1 amide bonds. The monoisotopic (exact) mass is 453 g/mol. The Labute approximate surface area is 168 Å². The van der Waals surface area contributed by atoms with Gasteiger partial charge in [-0.25, -0.2) is 13.8 Å². The number of allylic oxidation sites excluding steroid dienone is 2. The van der Waals surface area contributed by atoms with Gasteiger partial charge in [0.25, 0.3) is 0 Å². The SMILES string of the molecule is O=C(N/N=C\[C@H]1CC=CCC1)C1CCN(S(=O)(=O)c2ccc(Br)cc2)CC1. The van der Waals surface area contributed by atoms with Crippen LogP contribution in [0.1, 0.15) is 32.1 Å². The van der Waals surface area contributed by atoms with Gasteiger partial charge in [0.1, 0.15) is 0 Å². The van der Waals surface area contributed by atoms with Crippen molar-refractivity contribution in [1.82, 2.24) is 9.73 Å². The lowest BCUT2D eigenvalue weighted by Crippen LogP contribution is -2.42. The van der Waals surface area contributed by atoms with Gasteiger partial charge in [0, 0.05) is 29.7 Å². The maximum absolute atomic E-state index is 12.7. The number of nitrogens with one attached hydrogen (secondary N) is 1. The molecule has 1 aliphatic heterocycles. The van der Waals surface area contributed by atoms with Gasteiger partial charge in [-0.15, -0.1) is 0 Å². The van der Waals surface area contributed by atoms with E-state index in [1.165, 1.54) is 4.31 Å². The standard InChI is InChI=1S/C19H24BrN3O3S/c20-17-6-8-18(9-7-17)27(25,26)23-12-10-16(11-13-23)19(24)22-21-14-15-4-2-1-3-5-15/h1-2,6-9,14-16H,3-5,10-13H2,(H,22,24)/b21-14-/t15-/m0/s1. The summed E-state index contributed by atoms with van der Waals surface area (Å²) in [6, 6.07) is 6.61. The van der Waals surface area contributed by atoms with Crippen LogP contribution in [0.4, 0.5) is 0 Å². The zero-order chi connectivity index (χ0) is 19.3. The maximum Gasteiger partial charge on any atom is 0.243 e. The third kappa shape index (κ3) is 5.27. The van der Waals surface area contributed by atoms with Gasteiger partial charge in [0.15, 0.2) is 0 Å². The largest absolute Gasteiger partial charge is 0.273 e. The van der Waals surface area contributed by atoms with Crippen molar-refractivity contribution in [2.75, 3.05) is 13.1 Å². The van der Waals surface area contributed by atoms with Crippen LogP contribution in [-0.4, -0.2) is 37.9 Å². The summed E-state index contributed by atoms with van der Waals surface area (Å²) >= 11 is 3.31. The Morgan fingerprint density at radius 3 is 2.48 bits per heavy atom. The number of hydrogen-bond donors (Lipinski definition) is 1. The minimum absolute atomic E-state index is 0.127. The Hall–Kier alpha value is -1.51. The second-order valence-corrected chi connectivity index (χ2v) is 9.78. The molecule has 0 radical (unpaired) electrons. The van der Waals surface area contributed by atoms with Gasteiger partial charge in [0.05, 0.1) is 4.90 Å². The van der Waals surface area contributed by atoms with Crippen LogP contribution >= 0.6 is 15.9 Å². The minimum atomic E-state index is -3.51. The first kappa shape index (κ1) is 20.2. The average Bonchev–Trinajstić information content (AvgIpc) is 2.69. The summed E-state index contributed by atoms with van der Waals surface area (Å²) in [7, 11) is -3.51. The predicted octanol–water partition coefficient (Wildman–Crippen LogP) is 3.31. The summed E-state index contributed by atoms with van der Waals surface area (Å²) in [6.07, 6.45) is 10.2. The Morgan fingerprint density at radius 1 is 1.15 bits per heavy atom. The highest BCUT2D eigenvalue weighted by Crippen LogP contribution is 2.25. The molecule has 0 bridgehead atoms. The highest BCUT2D eigenvalue weighted by atomic mass is 79.9. The number of piperidine rings is 1. The third-order valence-corrected chi connectivity index (χ3v) is 7.49. The van der Waals surface area contributed by atoms with Gasteiger partial charge < -0.3 is 0 Å². The van der Waals surface area contributed by atoms with Crippen molar-refractivity contribution >= 4 is 38.1 Å². The van der Waals surface area contributed by atoms with Gasteiger partial charge in [-0.1, -0.05) is 28.1 Å². The van der Waals surface area contributed by atoms with Crippen molar-refractivity contribution in [3.8, 4) is 0 Å². The number of nitrogens with zero attached hydrogens (tertiary/aromatic N) is 2. The molecule has 0 saturated carbocycles. The van der Waals surface area contributed by atoms with Crippen molar-refractivity contribution in [3.63, 3.8) is 0 Å². The van der Waals surface area contributed by atoms with E-state index >= 15 is 0 Å². The van der Waals surface area contributed by atoms with Crippen LogP contribution in [0.15, 0.2) is 50.9 Å². The van der Waals surface area contributed by atoms with Crippen LogP contribution in [0, 0.1) is 11.8 Å². The Bertz CT molecular complexity index is 813. The molecule has 1 aromatic rings. The van der Waals surface area contributed by atoms with Crippen molar-refractivity contribution in [1.29, 1.82) is 0 Å². The molecule has 1 aromatic carbocycles. The normalized spacial score (nSPS) is 22.2. The van der Waals surface area contributed by atoms with Crippen LogP contribution in [0.25, 0.3) is 0 Å². The number of sulfonamides is 1. The Kier molecular flexibility index (Phi) is 6.83. The lowest BCUT2D eigenvalue weighted by atomic mass is 9.96. The Morgan fingerprint density at radius 2 is 1.85 bits per heavy atom. The smallest absolute Gasteiger partial charge is 0.243 e. The summed E-state index contributed by atoms with van der Waals surface area (Å²) in [6.45, 7) is 0.682. The fraction of sp³-hybridized carbons (Fsp3) is 0.474. The van der Waals surface area contributed by atoms with E-state index < -0.39 is 10.0 Å². The van der Waals surface area contributed by atoms with Crippen LogP contribution < -0.4 is 5.43 Å². The highest BCUT2D eigenvalue weighted by molar-refractivity contribution is 9.10. The zero-order valence-corrected chi connectivity index (χ0v) is 17.5. The topological polar surface area (TPSA) is 78.8 Å². The molecule has 1 N–H and O–H groups in total. The molecular formula is C19H24BrN3O3S. The molecule has 8 heteroatoms. The molecule has 0 aromatic heterocycles. The average molecular weight is 454 g/mol. The number of carbonyl (C=O) groups is 1. The summed E-state index contributed by atoms with van der Waals surface area (Å²) in [5.74, 6) is 0.0521. The van der Waals surface area contributed by atoms with Crippen LogP contribution in [-0.2, 0) is 14.8 Å². The second-order valence-electron chi connectivity index (χ2n) is 6.93. The van der Waals surface area contributed by atoms with Crippen LogP contribution in [0.3, 0.4) is 0 Å². The molecule has 1 heterocycles. The summed E-state index contributed by atoms with van der Waals surface area (Å²) in [5.41, 5.74) is 2.62. The molecular weight excluding hydrogens is 430 g/mol. The minimum Gasteiger partial charge on any atom is -0.273 e. The first-order chi connectivity index (χ1) is 13.0.